The lowest BCUT2D eigenvalue weighted by Gasteiger charge is -2.23. The molecule has 2 N–H and O–H groups in total. The molecule has 2 unspecified atom stereocenters. The summed E-state index contributed by atoms with van der Waals surface area (Å²) in [5.41, 5.74) is 0. The van der Waals surface area contributed by atoms with Gasteiger partial charge in [0.1, 0.15) is 0 Å². The van der Waals surface area contributed by atoms with Crippen molar-refractivity contribution >= 4 is 27.5 Å². The van der Waals surface area contributed by atoms with Gasteiger partial charge in [-0.25, -0.2) is 13.1 Å². The fourth-order valence-corrected chi connectivity index (χ4v) is 4.32. The first kappa shape index (κ1) is 20.3. The van der Waals surface area contributed by atoms with Crippen molar-refractivity contribution in [2.75, 3.05) is 6.54 Å². The molecule has 0 saturated carbocycles. The molecule has 1 amide bonds. The highest BCUT2D eigenvalue weighted by atomic mass is 32.2. The van der Waals surface area contributed by atoms with Crippen LogP contribution in [0.4, 0.5) is 0 Å². The number of sulfonamides is 1. The van der Waals surface area contributed by atoms with E-state index in [0.717, 1.165) is 0 Å². The van der Waals surface area contributed by atoms with Crippen molar-refractivity contribution in [2.45, 2.75) is 44.0 Å². The lowest BCUT2D eigenvalue weighted by atomic mass is 9.88. The quantitative estimate of drug-likeness (QED) is 0.687. The van der Waals surface area contributed by atoms with Crippen LogP contribution >= 0.6 is 0 Å². The Bertz CT molecular complexity index is 774. The predicted octanol–water partition coefficient (Wildman–Crippen LogP) is 1.04. The van der Waals surface area contributed by atoms with Gasteiger partial charge in [0.15, 0.2) is 5.78 Å². The molecule has 1 heterocycles. The average molecular weight is 380 g/mol. The largest absolute Gasteiger partial charge is 0.349 e. The molecule has 1 fully saturated rings. The van der Waals surface area contributed by atoms with Gasteiger partial charge >= 0.3 is 0 Å². The van der Waals surface area contributed by atoms with Crippen LogP contribution in [-0.2, 0) is 24.4 Å². The molecule has 1 aromatic carbocycles. The Morgan fingerprint density at radius 3 is 2.50 bits per heavy atom. The van der Waals surface area contributed by atoms with Gasteiger partial charge in [-0.2, -0.15) is 0 Å². The smallest absolute Gasteiger partial charge is 0.287 e. The Kier molecular flexibility index (Phi) is 6.66. The molecule has 1 saturated heterocycles. The second-order valence-electron chi connectivity index (χ2n) is 6.79. The van der Waals surface area contributed by atoms with Crippen molar-refractivity contribution in [1.82, 2.24) is 10.0 Å². The highest BCUT2D eigenvalue weighted by Gasteiger charge is 2.34. The molecule has 2 atom stereocenters. The van der Waals surface area contributed by atoms with Crippen LogP contribution in [0.1, 0.15) is 33.1 Å². The Balaban J connectivity index is 2.15. The highest BCUT2D eigenvalue weighted by Crippen LogP contribution is 2.20. The molecule has 7 nitrogen and oxygen atoms in total. The SMILES string of the molecule is CC(C)C(NS(=O)(=O)c1ccccc1)C(=O)CC1CCCNC(=O)C1=O. The Labute approximate surface area is 153 Å². The Hall–Kier alpha value is -2.06. The summed E-state index contributed by atoms with van der Waals surface area (Å²) in [6, 6.07) is 6.84. The summed E-state index contributed by atoms with van der Waals surface area (Å²) in [7, 11) is -3.86. The number of ketones is 2. The number of rotatable bonds is 7. The molecule has 1 aliphatic heterocycles. The van der Waals surface area contributed by atoms with Crippen molar-refractivity contribution in [2.24, 2.45) is 11.8 Å². The van der Waals surface area contributed by atoms with Crippen LogP contribution in [0.15, 0.2) is 35.2 Å². The molecule has 26 heavy (non-hydrogen) atoms. The van der Waals surface area contributed by atoms with E-state index in [-0.39, 0.29) is 23.0 Å². The van der Waals surface area contributed by atoms with Gasteiger partial charge in [0, 0.05) is 18.9 Å². The maximum absolute atomic E-state index is 12.7. The monoisotopic (exact) mass is 380 g/mol. The van der Waals surface area contributed by atoms with Gasteiger partial charge in [0.25, 0.3) is 5.91 Å². The molecule has 142 valence electrons. The number of carbonyl (C=O) groups is 3. The molecule has 0 aliphatic carbocycles. The number of nitrogens with one attached hydrogen (secondary N) is 2. The number of Topliss-reactive ketones (excluding diaryl/α,β-unsaturated/α-hetero) is 2. The van der Waals surface area contributed by atoms with Crippen molar-refractivity contribution in [1.29, 1.82) is 0 Å². The molecule has 0 radical (unpaired) electrons. The maximum Gasteiger partial charge on any atom is 0.287 e. The molecule has 0 spiro atoms. The Morgan fingerprint density at radius 1 is 1.23 bits per heavy atom. The lowest BCUT2D eigenvalue weighted by Crippen LogP contribution is -2.45. The van der Waals surface area contributed by atoms with Gasteiger partial charge in [0.05, 0.1) is 10.9 Å². The first-order chi connectivity index (χ1) is 12.2. The van der Waals surface area contributed by atoms with E-state index in [1.807, 2.05) is 0 Å². The summed E-state index contributed by atoms with van der Waals surface area (Å²) in [6.45, 7) is 3.87. The standard InChI is InChI=1S/C18H24N2O5S/c1-12(2)16(20-26(24,25)14-8-4-3-5-9-14)15(21)11-13-7-6-10-19-18(23)17(13)22/h3-5,8-9,12-13,16,20H,6-7,10-11H2,1-2H3,(H,19,23). The molecular formula is C18H24N2O5S. The van der Waals surface area contributed by atoms with Gasteiger partial charge in [-0.05, 0) is 30.9 Å². The minimum absolute atomic E-state index is 0.0726. The van der Waals surface area contributed by atoms with E-state index < -0.39 is 33.7 Å². The van der Waals surface area contributed by atoms with Crippen LogP contribution in [0, 0.1) is 11.8 Å². The molecule has 8 heteroatoms. The number of benzene rings is 1. The van der Waals surface area contributed by atoms with Crippen LogP contribution in [0.5, 0.6) is 0 Å². The molecule has 1 aromatic rings. The summed E-state index contributed by atoms with van der Waals surface area (Å²) in [6.07, 6.45) is 0.892. The highest BCUT2D eigenvalue weighted by molar-refractivity contribution is 7.89. The normalized spacial score (nSPS) is 19.7. The predicted molar refractivity (Wildman–Crippen MR) is 95.8 cm³/mol. The second-order valence-corrected chi connectivity index (χ2v) is 8.50. The average Bonchev–Trinajstić information content (AvgIpc) is 2.76. The van der Waals surface area contributed by atoms with Gasteiger partial charge in [0.2, 0.25) is 15.8 Å². The van der Waals surface area contributed by atoms with E-state index in [1.165, 1.54) is 12.1 Å². The third kappa shape index (κ3) is 4.98. The second kappa shape index (κ2) is 8.55. The summed E-state index contributed by atoms with van der Waals surface area (Å²) in [5, 5.41) is 2.50. The van der Waals surface area contributed by atoms with Gasteiger partial charge in [-0.3, -0.25) is 14.4 Å². The molecule has 1 aliphatic rings. The summed E-state index contributed by atoms with van der Waals surface area (Å²) < 4.78 is 27.5. The van der Waals surface area contributed by atoms with Crippen LogP contribution in [0.3, 0.4) is 0 Å². The van der Waals surface area contributed by atoms with E-state index >= 15 is 0 Å². The van der Waals surface area contributed by atoms with E-state index in [2.05, 4.69) is 10.0 Å². The first-order valence-electron chi connectivity index (χ1n) is 8.64. The topological polar surface area (TPSA) is 109 Å². The van der Waals surface area contributed by atoms with Gasteiger partial charge in [-0.15, -0.1) is 0 Å². The number of hydrogen-bond donors (Lipinski definition) is 2. The zero-order chi connectivity index (χ0) is 19.3. The van der Waals surface area contributed by atoms with E-state index in [0.29, 0.717) is 19.4 Å². The van der Waals surface area contributed by atoms with Gasteiger partial charge < -0.3 is 5.32 Å². The Morgan fingerprint density at radius 2 is 1.88 bits per heavy atom. The molecule has 0 bridgehead atoms. The molecule has 0 aromatic heterocycles. The minimum atomic E-state index is -3.86. The molecular weight excluding hydrogens is 356 g/mol. The maximum atomic E-state index is 12.7. The van der Waals surface area contributed by atoms with E-state index in [9.17, 15) is 22.8 Å². The summed E-state index contributed by atoms with van der Waals surface area (Å²) >= 11 is 0. The summed E-state index contributed by atoms with van der Waals surface area (Å²) in [4.78, 5) is 36.5. The van der Waals surface area contributed by atoms with Crippen LogP contribution in [0.2, 0.25) is 0 Å². The zero-order valence-corrected chi connectivity index (χ0v) is 15.7. The number of hydrogen-bond acceptors (Lipinski definition) is 5. The van der Waals surface area contributed by atoms with Crippen molar-refractivity contribution in [3.05, 3.63) is 30.3 Å². The van der Waals surface area contributed by atoms with E-state index in [4.69, 9.17) is 0 Å². The third-order valence-electron chi connectivity index (χ3n) is 4.41. The third-order valence-corrected chi connectivity index (χ3v) is 5.86. The van der Waals surface area contributed by atoms with Crippen LogP contribution in [0.25, 0.3) is 0 Å². The fourth-order valence-electron chi connectivity index (χ4n) is 2.93. The molecule has 2 rings (SSSR count). The fraction of sp³-hybridized carbons (Fsp3) is 0.500. The number of amides is 1. The lowest BCUT2D eigenvalue weighted by molar-refractivity contribution is -0.140. The zero-order valence-electron chi connectivity index (χ0n) is 14.9. The minimum Gasteiger partial charge on any atom is -0.349 e. The van der Waals surface area contributed by atoms with Crippen molar-refractivity contribution in [3.8, 4) is 0 Å². The van der Waals surface area contributed by atoms with Crippen molar-refractivity contribution in [3.63, 3.8) is 0 Å². The van der Waals surface area contributed by atoms with Crippen molar-refractivity contribution < 1.29 is 22.8 Å². The summed E-state index contributed by atoms with van der Waals surface area (Å²) in [5.74, 6) is -2.66. The van der Waals surface area contributed by atoms with Crippen LogP contribution < -0.4 is 10.0 Å². The van der Waals surface area contributed by atoms with Crippen LogP contribution in [-0.4, -0.2) is 38.5 Å². The first-order valence-corrected chi connectivity index (χ1v) is 10.1. The van der Waals surface area contributed by atoms with E-state index in [1.54, 1.807) is 32.0 Å². The number of carbonyl (C=O) groups excluding carboxylic acids is 3. The van der Waals surface area contributed by atoms with Gasteiger partial charge in [-0.1, -0.05) is 32.0 Å².